The van der Waals surface area contributed by atoms with Gasteiger partial charge in [0.25, 0.3) is 0 Å². The first-order valence-electron chi connectivity index (χ1n) is 9.29. The smallest absolute Gasteiger partial charge is 0.336 e. The molecule has 0 aliphatic carbocycles. The Bertz CT molecular complexity index is 982. The third-order valence-corrected chi connectivity index (χ3v) is 4.85. The minimum absolute atomic E-state index is 0.0594. The van der Waals surface area contributed by atoms with Crippen LogP contribution in [0.25, 0.3) is 11.3 Å². The molecule has 6 heteroatoms. The Morgan fingerprint density at radius 2 is 2.04 bits per heavy atom. The number of aryl methyl sites for hydroxylation is 1. The Labute approximate surface area is 163 Å². The molecular formula is C22H22N2O4. The van der Waals surface area contributed by atoms with E-state index in [9.17, 15) is 9.90 Å². The molecule has 0 saturated carbocycles. The highest BCUT2D eigenvalue weighted by atomic mass is 16.5. The number of pyridine rings is 1. The van der Waals surface area contributed by atoms with Crippen molar-refractivity contribution in [3.63, 3.8) is 0 Å². The monoisotopic (exact) mass is 378 g/mol. The van der Waals surface area contributed by atoms with Crippen LogP contribution in [0, 0.1) is 6.92 Å². The number of aromatic carboxylic acids is 1. The minimum Gasteiger partial charge on any atom is -0.478 e. The number of morpholine rings is 1. The molecule has 0 spiro atoms. The molecular weight excluding hydrogens is 356 g/mol. The summed E-state index contributed by atoms with van der Waals surface area (Å²) < 4.78 is 11.9. The van der Waals surface area contributed by atoms with Crippen molar-refractivity contribution in [2.24, 2.45) is 0 Å². The van der Waals surface area contributed by atoms with Gasteiger partial charge in [-0.25, -0.2) is 4.79 Å². The lowest BCUT2D eigenvalue weighted by Gasteiger charge is -2.32. The first kappa shape index (κ1) is 18.4. The molecule has 1 aromatic carbocycles. The Balaban J connectivity index is 1.48. The van der Waals surface area contributed by atoms with Gasteiger partial charge in [-0.15, -0.1) is 0 Å². The molecule has 1 N–H and O–H groups in total. The number of aromatic nitrogens is 1. The van der Waals surface area contributed by atoms with Crippen LogP contribution in [0.1, 0.15) is 33.6 Å². The van der Waals surface area contributed by atoms with Crippen molar-refractivity contribution in [1.82, 2.24) is 9.88 Å². The summed E-state index contributed by atoms with van der Waals surface area (Å²) in [5, 5.41) is 9.38. The number of hydrogen-bond donors (Lipinski definition) is 1. The van der Waals surface area contributed by atoms with Gasteiger partial charge >= 0.3 is 5.97 Å². The van der Waals surface area contributed by atoms with Crippen molar-refractivity contribution < 1.29 is 19.1 Å². The molecule has 0 amide bonds. The third kappa shape index (κ3) is 3.98. The van der Waals surface area contributed by atoms with Gasteiger partial charge in [0.05, 0.1) is 24.4 Å². The second kappa shape index (κ2) is 7.96. The summed E-state index contributed by atoms with van der Waals surface area (Å²) in [7, 11) is 0. The maximum atomic E-state index is 11.4. The molecule has 144 valence electrons. The van der Waals surface area contributed by atoms with Crippen molar-refractivity contribution in [3.05, 3.63) is 77.3 Å². The van der Waals surface area contributed by atoms with Crippen molar-refractivity contribution in [2.75, 3.05) is 19.7 Å². The van der Waals surface area contributed by atoms with E-state index >= 15 is 0 Å². The van der Waals surface area contributed by atoms with Crippen molar-refractivity contribution in [1.29, 1.82) is 0 Å². The number of carboxylic acid groups (broad SMARTS) is 1. The maximum Gasteiger partial charge on any atom is 0.336 e. The van der Waals surface area contributed by atoms with E-state index in [1.54, 1.807) is 18.2 Å². The average Bonchev–Trinajstić information content (AvgIpc) is 3.16. The second-order valence-corrected chi connectivity index (χ2v) is 6.92. The first-order chi connectivity index (χ1) is 13.6. The van der Waals surface area contributed by atoms with Crippen LogP contribution in [0.15, 0.2) is 59.0 Å². The summed E-state index contributed by atoms with van der Waals surface area (Å²) in [6, 6.07) is 16.6. The van der Waals surface area contributed by atoms with Gasteiger partial charge in [-0.05, 0) is 37.3 Å². The number of carbonyl (C=O) groups is 1. The standard InChI is InChI=1S/C22H22N2O4/c1-15-5-4-8-19(23-15)21-14-24(11-12-27-21)13-16-9-10-20(28-16)17-6-2-3-7-18(17)22(25)26/h2-10,21H,11-14H2,1H3,(H,25,26)/t21-/m0/s1. The van der Waals surface area contributed by atoms with Crippen LogP contribution >= 0.6 is 0 Å². The third-order valence-electron chi connectivity index (χ3n) is 4.85. The topological polar surface area (TPSA) is 75.8 Å². The van der Waals surface area contributed by atoms with Gasteiger partial charge in [0.2, 0.25) is 0 Å². The fourth-order valence-corrected chi connectivity index (χ4v) is 3.48. The first-order valence-corrected chi connectivity index (χ1v) is 9.29. The number of ether oxygens (including phenoxy) is 1. The van der Waals surface area contributed by atoms with Gasteiger partial charge in [0.1, 0.15) is 17.6 Å². The van der Waals surface area contributed by atoms with Gasteiger partial charge in [0.15, 0.2) is 0 Å². The van der Waals surface area contributed by atoms with Gasteiger partial charge in [-0.2, -0.15) is 0 Å². The molecule has 1 fully saturated rings. The fraction of sp³-hybridized carbons (Fsp3) is 0.273. The normalized spacial score (nSPS) is 17.5. The highest BCUT2D eigenvalue weighted by Gasteiger charge is 2.24. The zero-order valence-corrected chi connectivity index (χ0v) is 15.7. The van der Waals surface area contributed by atoms with Crippen LogP contribution in [0.2, 0.25) is 0 Å². The van der Waals surface area contributed by atoms with E-state index in [1.165, 1.54) is 0 Å². The molecule has 2 aromatic heterocycles. The van der Waals surface area contributed by atoms with Gasteiger partial charge in [-0.1, -0.05) is 24.3 Å². The predicted molar refractivity (Wildman–Crippen MR) is 104 cm³/mol. The van der Waals surface area contributed by atoms with E-state index in [2.05, 4.69) is 9.88 Å². The van der Waals surface area contributed by atoms with E-state index in [-0.39, 0.29) is 11.7 Å². The molecule has 3 aromatic rings. The summed E-state index contributed by atoms with van der Waals surface area (Å²) in [4.78, 5) is 18.3. The molecule has 1 atom stereocenters. The number of benzene rings is 1. The Morgan fingerprint density at radius 3 is 2.86 bits per heavy atom. The molecule has 28 heavy (non-hydrogen) atoms. The molecule has 1 aliphatic heterocycles. The molecule has 4 rings (SSSR count). The predicted octanol–water partition coefficient (Wildman–Crippen LogP) is 3.92. The summed E-state index contributed by atoms with van der Waals surface area (Å²) in [5.74, 6) is 0.404. The molecule has 3 heterocycles. The van der Waals surface area contributed by atoms with Crippen molar-refractivity contribution in [2.45, 2.75) is 19.6 Å². The van der Waals surface area contributed by atoms with Crippen LogP contribution < -0.4 is 0 Å². The van der Waals surface area contributed by atoms with Crippen LogP contribution in [0.3, 0.4) is 0 Å². The van der Waals surface area contributed by atoms with Crippen molar-refractivity contribution >= 4 is 5.97 Å². The van der Waals surface area contributed by atoms with Crippen LogP contribution in [-0.4, -0.2) is 40.7 Å². The SMILES string of the molecule is Cc1cccc([C@@H]2CN(Cc3ccc(-c4ccccc4C(=O)O)o3)CCO2)n1. The molecule has 1 aliphatic rings. The quantitative estimate of drug-likeness (QED) is 0.725. The summed E-state index contributed by atoms with van der Waals surface area (Å²) >= 11 is 0. The van der Waals surface area contributed by atoms with Crippen LogP contribution in [0.5, 0.6) is 0 Å². The van der Waals surface area contributed by atoms with Gasteiger partial charge in [0, 0.05) is 24.3 Å². The number of nitrogens with zero attached hydrogens (tertiary/aromatic N) is 2. The zero-order valence-electron chi connectivity index (χ0n) is 15.7. The van der Waals surface area contributed by atoms with E-state index in [0.29, 0.717) is 24.5 Å². The van der Waals surface area contributed by atoms with Gasteiger partial charge in [-0.3, -0.25) is 9.88 Å². The lowest BCUT2D eigenvalue weighted by molar-refractivity contribution is -0.0367. The van der Waals surface area contributed by atoms with E-state index in [4.69, 9.17) is 9.15 Å². The molecule has 6 nitrogen and oxygen atoms in total. The summed E-state index contributed by atoms with van der Waals surface area (Å²) in [6.45, 7) is 4.79. The molecule has 0 unspecified atom stereocenters. The maximum absolute atomic E-state index is 11.4. The Hall–Kier alpha value is -2.96. The Morgan fingerprint density at radius 1 is 1.18 bits per heavy atom. The summed E-state index contributed by atoms with van der Waals surface area (Å²) in [5.41, 5.74) is 2.75. The fourth-order valence-electron chi connectivity index (χ4n) is 3.48. The number of rotatable bonds is 5. The molecule has 0 bridgehead atoms. The van der Waals surface area contributed by atoms with E-state index < -0.39 is 5.97 Å². The highest BCUT2D eigenvalue weighted by molar-refractivity contribution is 5.95. The zero-order chi connectivity index (χ0) is 19.5. The lowest BCUT2D eigenvalue weighted by Crippen LogP contribution is -2.38. The minimum atomic E-state index is -0.963. The highest BCUT2D eigenvalue weighted by Crippen LogP contribution is 2.28. The number of carboxylic acids is 1. The Kier molecular flexibility index (Phi) is 5.23. The second-order valence-electron chi connectivity index (χ2n) is 6.92. The molecule has 1 saturated heterocycles. The van der Waals surface area contributed by atoms with E-state index in [1.807, 2.05) is 43.3 Å². The van der Waals surface area contributed by atoms with Crippen LogP contribution in [-0.2, 0) is 11.3 Å². The molecule has 0 radical (unpaired) electrons. The van der Waals surface area contributed by atoms with E-state index in [0.717, 1.165) is 30.2 Å². The average molecular weight is 378 g/mol. The van der Waals surface area contributed by atoms with Crippen molar-refractivity contribution in [3.8, 4) is 11.3 Å². The summed E-state index contributed by atoms with van der Waals surface area (Å²) in [6.07, 6.45) is -0.0594. The number of hydrogen-bond acceptors (Lipinski definition) is 5. The van der Waals surface area contributed by atoms with Gasteiger partial charge < -0.3 is 14.3 Å². The number of furan rings is 1. The van der Waals surface area contributed by atoms with Crippen LogP contribution in [0.4, 0.5) is 0 Å². The lowest BCUT2D eigenvalue weighted by atomic mass is 10.1. The largest absolute Gasteiger partial charge is 0.478 e.